The molecule has 1 unspecified atom stereocenters. The van der Waals surface area contributed by atoms with Crippen LogP contribution < -0.4 is 10.5 Å². The van der Waals surface area contributed by atoms with Crippen molar-refractivity contribution in [3.63, 3.8) is 0 Å². The number of hydrogen-bond acceptors (Lipinski definition) is 6. The molecular weight excluding hydrogens is 420 g/mol. The summed E-state index contributed by atoms with van der Waals surface area (Å²) >= 11 is 6.25. The molecule has 4 rings (SSSR count). The van der Waals surface area contributed by atoms with Crippen molar-refractivity contribution in [1.29, 1.82) is 0 Å². The summed E-state index contributed by atoms with van der Waals surface area (Å²) in [6.07, 6.45) is -0.420. The number of hydrogen-bond donors (Lipinski definition) is 0. The fraction of sp³-hybridized carbons (Fsp3) is 0.316. The van der Waals surface area contributed by atoms with Crippen LogP contribution in [0.2, 0.25) is 5.02 Å². The van der Waals surface area contributed by atoms with Crippen LogP contribution in [-0.2, 0) is 21.8 Å². The molecule has 154 valence electrons. The first-order valence-electron chi connectivity index (χ1n) is 8.95. The predicted octanol–water partition coefficient (Wildman–Crippen LogP) is 2.25. The minimum Gasteiger partial charge on any atom is -0.491 e. The molecule has 1 aliphatic heterocycles. The number of fused-ring (bicyclic) bond motifs is 1. The van der Waals surface area contributed by atoms with Crippen LogP contribution in [0.15, 0.2) is 56.6 Å². The molecule has 1 fully saturated rings. The Hall–Kier alpha value is -2.33. The van der Waals surface area contributed by atoms with E-state index >= 15 is 0 Å². The van der Waals surface area contributed by atoms with Gasteiger partial charge in [0.2, 0.25) is 10.0 Å². The van der Waals surface area contributed by atoms with E-state index in [0.717, 1.165) is 0 Å². The lowest BCUT2D eigenvalue weighted by atomic mass is 10.3. The molecule has 0 spiro atoms. The molecule has 0 N–H and O–H groups in total. The van der Waals surface area contributed by atoms with Gasteiger partial charge in [0, 0.05) is 26.2 Å². The quantitative estimate of drug-likeness (QED) is 0.606. The monoisotopic (exact) mass is 438 g/mol. The normalized spacial score (nSPS) is 18.2. The van der Waals surface area contributed by atoms with Gasteiger partial charge < -0.3 is 13.9 Å². The van der Waals surface area contributed by atoms with Gasteiger partial charge in [-0.1, -0.05) is 29.8 Å². The van der Waals surface area contributed by atoms with E-state index < -0.39 is 21.9 Å². The Kier molecular flexibility index (Phi) is 5.39. The van der Waals surface area contributed by atoms with E-state index in [-0.39, 0.29) is 41.8 Å². The maximum Gasteiger partial charge on any atom is 0.419 e. The molecule has 1 aliphatic rings. The van der Waals surface area contributed by atoms with Crippen LogP contribution in [0.1, 0.15) is 0 Å². The van der Waals surface area contributed by atoms with Crippen LogP contribution in [0.5, 0.6) is 5.75 Å². The molecule has 0 aliphatic carbocycles. The Morgan fingerprint density at radius 2 is 2.00 bits per heavy atom. The SMILES string of the molecule is Cn1c(=O)oc2cc(S(=O)(=O)N3CCOC(COc4ccccc4)C3)c(Cl)cc21. The molecule has 0 bridgehead atoms. The lowest BCUT2D eigenvalue weighted by Crippen LogP contribution is -2.47. The highest BCUT2D eigenvalue weighted by molar-refractivity contribution is 7.89. The largest absolute Gasteiger partial charge is 0.491 e. The standard InChI is InChI=1S/C19H19ClN2O6S/c1-21-16-9-15(20)18(10-17(16)28-19(21)23)29(24,25)22-7-8-26-14(11-22)12-27-13-5-3-2-4-6-13/h2-6,9-10,14H,7-8,11-12H2,1H3. The zero-order valence-electron chi connectivity index (χ0n) is 15.6. The minimum absolute atomic E-state index is 0.0254. The lowest BCUT2D eigenvalue weighted by Gasteiger charge is -2.32. The van der Waals surface area contributed by atoms with Gasteiger partial charge in [-0.15, -0.1) is 0 Å². The first-order valence-corrected chi connectivity index (χ1v) is 10.8. The summed E-state index contributed by atoms with van der Waals surface area (Å²) in [5.74, 6) is 0.0961. The van der Waals surface area contributed by atoms with Gasteiger partial charge in [-0.3, -0.25) is 4.57 Å². The summed E-state index contributed by atoms with van der Waals surface area (Å²) in [6.45, 7) is 0.776. The van der Waals surface area contributed by atoms with Gasteiger partial charge in [0.25, 0.3) is 0 Å². The highest BCUT2D eigenvalue weighted by atomic mass is 35.5. The number of ether oxygens (including phenoxy) is 2. The second-order valence-corrected chi connectivity index (χ2v) is 8.97. The van der Waals surface area contributed by atoms with Gasteiger partial charge in [-0.2, -0.15) is 4.31 Å². The van der Waals surface area contributed by atoms with Crippen LogP contribution in [0, 0.1) is 0 Å². The number of morpholine rings is 1. The molecule has 0 amide bonds. The Morgan fingerprint density at radius 1 is 1.24 bits per heavy atom. The summed E-state index contributed by atoms with van der Waals surface area (Å²) in [4.78, 5) is 11.6. The molecule has 2 aromatic carbocycles. The van der Waals surface area contributed by atoms with Gasteiger partial charge >= 0.3 is 5.76 Å². The van der Waals surface area contributed by atoms with E-state index in [0.29, 0.717) is 11.3 Å². The number of halogens is 1. The summed E-state index contributed by atoms with van der Waals surface area (Å²) in [5, 5.41) is 0.0254. The van der Waals surface area contributed by atoms with Crippen molar-refractivity contribution in [1.82, 2.24) is 8.87 Å². The van der Waals surface area contributed by atoms with Crippen LogP contribution >= 0.6 is 11.6 Å². The van der Waals surface area contributed by atoms with Crippen molar-refractivity contribution < 1.29 is 22.3 Å². The van der Waals surface area contributed by atoms with Crippen molar-refractivity contribution in [3.05, 3.63) is 58.0 Å². The van der Waals surface area contributed by atoms with E-state index in [4.69, 9.17) is 25.5 Å². The first kappa shape index (κ1) is 20.0. The van der Waals surface area contributed by atoms with Crippen LogP contribution in [0.3, 0.4) is 0 Å². The number of rotatable bonds is 5. The molecule has 29 heavy (non-hydrogen) atoms. The maximum absolute atomic E-state index is 13.2. The third kappa shape index (κ3) is 3.91. The molecule has 0 radical (unpaired) electrons. The molecule has 1 atom stereocenters. The number of benzene rings is 2. The van der Waals surface area contributed by atoms with Crippen LogP contribution in [-0.4, -0.2) is 49.7 Å². The third-order valence-electron chi connectivity index (χ3n) is 4.74. The summed E-state index contributed by atoms with van der Waals surface area (Å²) < 4.78 is 45.4. The molecule has 10 heteroatoms. The van der Waals surface area contributed by atoms with Gasteiger partial charge in [-0.05, 0) is 18.2 Å². The predicted molar refractivity (Wildman–Crippen MR) is 107 cm³/mol. The second-order valence-electron chi connectivity index (χ2n) is 6.66. The van der Waals surface area contributed by atoms with Gasteiger partial charge in [0.05, 0.1) is 17.1 Å². The van der Waals surface area contributed by atoms with Crippen molar-refractivity contribution >= 4 is 32.7 Å². The molecule has 1 aromatic heterocycles. The first-order chi connectivity index (χ1) is 13.9. The molecule has 0 saturated carbocycles. The van der Waals surface area contributed by atoms with Gasteiger partial charge in [0.15, 0.2) is 5.58 Å². The molecule has 3 aromatic rings. The van der Waals surface area contributed by atoms with Crippen molar-refractivity contribution in [2.24, 2.45) is 7.05 Å². The second kappa shape index (κ2) is 7.83. The van der Waals surface area contributed by atoms with Crippen LogP contribution in [0.25, 0.3) is 11.1 Å². The Morgan fingerprint density at radius 3 is 2.76 bits per heavy atom. The zero-order valence-corrected chi connectivity index (χ0v) is 17.1. The average Bonchev–Trinajstić information content (AvgIpc) is 3.00. The van der Waals surface area contributed by atoms with Crippen molar-refractivity contribution in [3.8, 4) is 5.75 Å². The molecular formula is C19H19ClN2O6S. The Labute approximate surface area is 172 Å². The van der Waals surface area contributed by atoms with E-state index in [9.17, 15) is 13.2 Å². The maximum atomic E-state index is 13.2. The van der Waals surface area contributed by atoms with E-state index in [2.05, 4.69) is 0 Å². The van der Waals surface area contributed by atoms with E-state index in [1.165, 1.54) is 28.1 Å². The minimum atomic E-state index is -3.91. The number of oxazole rings is 1. The average molecular weight is 439 g/mol. The fourth-order valence-corrected chi connectivity index (χ4v) is 5.15. The lowest BCUT2D eigenvalue weighted by molar-refractivity contribution is -0.0249. The van der Waals surface area contributed by atoms with Crippen molar-refractivity contribution in [2.75, 3.05) is 26.3 Å². The van der Waals surface area contributed by atoms with E-state index in [1.54, 1.807) is 0 Å². The highest BCUT2D eigenvalue weighted by Gasteiger charge is 2.33. The number of aryl methyl sites for hydroxylation is 1. The molecule has 1 saturated heterocycles. The fourth-order valence-electron chi connectivity index (χ4n) is 3.18. The highest BCUT2D eigenvalue weighted by Crippen LogP contribution is 2.30. The molecule has 2 heterocycles. The number of aromatic nitrogens is 1. The number of nitrogens with zero attached hydrogens (tertiary/aromatic N) is 2. The van der Waals surface area contributed by atoms with Gasteiger partial charge in [0.1, 0.15) is 23.4 Å². The number of para-hydroxylation sites is 1. The smallest absolute Gasteiger partial charge is 0.419 e. The summed E-state index contributed by atoms with van der Waals surface area (Å²) in [5.41, 5.74) is 0.591. The summed E-state index contributed by atoms with van der Waals surface area (Å²) in [7, 11) is -2.38. The Balaban J connectivity index is 1.56. The van der Waals surface area contributed by atoms with Crippen molar-refractivity contribution in [2.45, 2.75) is 11.0 Å². The Bertz CT molecular complexity index is 1190. The topological polar surface area (TPSA) is 91.0 Å². The molecule has 8 nitrogen and oxygen atoms in total. The van der Waals surface area contributed by atoms with E-state index in [1.807, 2.05) is 30.3 Å². The third-order valence-corrected chi connectivity index (χ3v) is 7.07. The van der Waals surface area contributed by atoms with Crippen LogP contribution in [0.4, 0.5) is 0 Å². The zero-order chi connectivity index (χ0) is 20.6. The number of sulfonamides is 1. The summed E-state index contributed by atoms with van der Waals surface area (Å²) in [6, 6.07) is 11.9. The van der Waals surface area contributed by atoms with Gasteiger partial charge in [-0.25, -0.2) is 13.2 Å².